The van der Waals surface area contributed by atoms with Crippen molar-refractivity contribution in [3.63, 3.8) is 0 Å². The molecule has 0 saturated carbocycles. The molecule has 3 N–H and O–H groups in total. The quantitative estimate of drug-likeness (QED) is 0.758. The Morgan fingerprint density at radius 3 is 2.83 bits per heavy atom. The second-order valence-electron chi connectivity index (χ2n) is 4.50. The molecule has 5 heteroatoms. The summed E-state index contributed by atoms with van der Waals surface area (Å²) in [6.07, 6.45) is 0. The van der Waals surface area contributed by atoms with Crippen LogP contribution in [0.4, 0.5) is 0 Å². The second-order valence-corrected chi connectivity index (χ2v) is 5.92. The standard InChI is InChI=1S/C13H19ClN2OS/c1-9(2)6-16-7-10-11(14)4-3-5-12(10)18-8-13(15)17/h3-5,9,16H,6-8H2,1-2H3,(H2,15,17). The molecule has 0 atom stereocenters. The first-order valence-corrected chi connectivity index (χ1v) is 7.26. The van der Waals surface area contributed by atoms with Crippen LogP contribution in [0.25, 0.3) is 0 Å². The normalized spacial score (nSPS) is 10.9. The summed E-state index contributed by atoms with van der Waals surface area (Å²) in [4.78, 5) is 11.8. The van der Waals surface area contributed by atoms with E-state index in [1.165, 1.54) is 11.8 Å². The van der Waals surface area contributed by atoms with Gasteiger partial charge in [0, 0.05) is 16.5 Å². The van der Waals surface area contributed by atoms with Gasteiger partial charge in [-0.2, -0.15) is 0 Å². The van der Waals surface area contributed by atoms with Crippen LogP contribution >= 0.6 is 23.4 Å². The third-order valence-electron chi connectivity index (χ3n) is 2.30. The van der Waals surface area contributed by atoms with Crippen LogP contribution in [0, 0.1) is 5.92 Å². The number of hydrogen-bond acceptors (Lipinski definition) is 3. The van der Waals surface area contributed by atoms with Gasteiger partial charge in [0.15, 0.2) is 0 Å². The molecule has 0 bridgehead atoms. The number of hydrogen-bond donors (Lipinski definition) is 2. The van der Waals surface area contributed by atoms with Crippen molar-refractivity contribution in [2.45, 2.75) is 25.3 Å². The van der Waals surface area contributed by atoms with Crippen LogP contribution < -0.4 is 11.1 Å². The summed E-state index contributed by atoms with van der Waals surface area (Å²) in [6.45, 7) is 5.95. The maximum atomic E-state index is 10.8. The summed E-state index contributed by atoms with van der Waals surface area (Å²) in [6, 6.07) is 5.71. The average molecular weight is 287 g/mol. The molecule has 18 heavy (non-hydrogen) atoms. The Labute approximate surface area is 117 Å². The minimum atomic E-state index is -0.318. The van der Waals surface area contributed by atoms with Crippen molar-refractivity contribution >= 4 is 29.3 Å². The molecule has 0 unspecified atom stereocenters. The second kappa shape index (κ2) is 7.67. The number of halogens is 1. The first-order valence-electron chi connectivity index (χ1n) is 5.90. The van der Waals surface area contributed by atoms with E-state index < -0.39 is 0 Å². The lowest BCUT2D eigenvalue weighted by Crippen LogP contribution is -2.20. The van der Waals surface area contributed by atoms with E-state index in [0.29, 0.717) is 12.5 Å². The van der Waals surface area contributed by atoms with Gasteiger partial charge < -0.3 is 11.1 Å². The highest BCUT2D eigenvalue weighted by Crippen LogP contribution is 2.28. The molecule has 0 aliphatic rings. The largest absolute Gasteiger partial charge is 0.369 e. The van der Waals surface area contributed by atoms with Crippen molar-refractivity contribution < 1.29 is 4.79 Å². The van der Waals surface area contributed by atoms with Crippen LogP contribution in [0.3, 0.4) is 0 Å². The van der Waals surface area contributed by atoms with Crippen molar-refractivity contribution in [2.75, 3.05) is 12.3 Å². The Morgan fingerprint density at radius 1 is 1.50 bits per heavy atom. The Kier molecular flexibility index (Phi) is 6.54. The van der Waals surface area contributed by atoms with E-state index in [9.17, 15) is 4.79 Å². The average Bonchev–Trinajstić information content (AvgIpc) is 2.28. The number of amides is 1. The number of nitrogens with one attached hydrogen (secondary N) is 1. The molecule has 0 heterocycles. The summed E-state index contributed by atoms with van der Waals surface area (Å²) in [5, 5.41) is 4.08. The highest BCUT2D eigenvalue weighted by Gasteiger charge is 2.08. The Bertz CT molecular complexity index is 410. The highest BCUT2D eigenvalue weighted by atomic mass is 35.5. The number of benzene rings is 1. The van der Waals surface area contributed by atoms with Crippen molar-refractivity contribution in [3.8, 4) is 0 Å². The molecule has 0 radical (unpaired) electrons. The molecule has 0 aliphatic carbocycles. The molecule has 1 aromatic carbocycles. The van der Waals surface area contributed by atoms with Gasteiger partial charge in [0.25, 0.3) is 0 Å². The van der Waals surface area contributed by atoms with E-state index in [0.717, 1.165) is 22.0 Å². The van der Waals surface area contributed by atoms with E-state index >= 15 is 0 Å². The van der Waals surface area contributed by atoms with Crippen LogP contribution in [0.2, 0.25) is 5.02 Å². The minimum absolute atomic E-state index is 0.275. The van der Waals surface area contributed by atoms with E-state index in [1.807, 2.05) is 18.2 Å². The molecule has 1 rings (SSSR count). The van der Waals surface area contributed by atoms with E-state index in [4.69, 9.17) is 17.3 Å². The predicted octanol–water partition coefficient (Wildman–Crippen LogP) is 2.66. The fourth-order valence-corrected chi connectivity index (χ4v) is 2.61. The maximum absolute atomic E-state index is 10.8. The fraction of sp³-hybridized carbons (Fsp3) is 0.462. The Hall–Kier alpha value is -0.710. The first kappa shape index (κ1) is 15.3. The molecule has 100 valence electrons. The molecule has 0 aliphatic heterocycles. The van der Waals surface area contributed by atoms with Crippen LogP contribution in [0.1, 0.15) is 19.4 Å². The third-order valence-corrected chi connectivity index (χ3v) is 3.78. The van der Waals surface area contributed by atoms with Crippen molar-refractivity contribution in [1.29, 1.82) is 0 Å². The van der Waals surface area contributed by atoms with Gasteiger partial charge in [0.05, 0.1) is 5.75 Å². The van der Waals surface area contributed by atoms with Gasteiger partial charge in [-0.25, -0.2) is 0 Å². The number of rotatable bonds is 7. The van der Waals surface area contributed by atoms with Gasteiger partial charge in [-0.1, -0.05) is 31.5 Å². The summed E-state index contributed by atoms with van der Waals surface area (Å²) >= 11 is 7.62. The fourth-order valence-electron chi connectivity index (χ4n) is 1.48. The minimum Gasteiger partial charge on any atom is -0.369 e. The molecule has 0 spiro atoms. The number of thioether (sulfide) groups is 1. The summed E-state index contributed by atoms with van der Waals surface area (Å²) in [5.41, 5.74) is 6.19. The number of primary amides is 1. The van der Waals surface area contributed by atoms with Crippen LogP contribution in [0.15, 0.2) is 23.1 Å². The topological polar surface area (TPSA) is 55.1 Å². The van der Waals surface area contributed by atoms with Crippen molar-refractivity contribution in [2.24, 2.45) is 11.7 Å². The molecule has 0 saturated heterocycles. The smallest absolute Gasteiger partial charge is 0.227 e. The van der Waals surface area contributed by atoms with Gasteiger partial charge in [-0.15, -0.1) is 11.8 Å². The molecular formula is C13H19ClN2OS. The molecule has 0 fully saturated rings. The van der Waals surface area contributed by atoms with Gasteiger partial charge >= 0.3 is 0 Å². The van der Waals surface area contributed by atoms with Gasteiger partial charge in [-0.05, 0) is 30.2 Å². The van der Waals surface area contributed by atoms with Crippen LogP contribution in [-0.4, -0.2) is 18.2 Å². The zero-order valence-electron chi connectivity index (χ0n) is 10.7. The van der Waals surface area contributed by atoms with Crippen LogP contribution in [-0.2, 0) is 11.3 Å². The monoisotopic (exact) mass is 286 g/mol. The Balaban J connectivity index is 2.70. The zero-order valence-corrected chi connectivity index (χ0v) is 12.3. The van der Waals surface area contributed by atoms with Gasteiger partial charge in [0.1, 0.15) is 0 Å². The summed E-state index contributed by atoms with van der Waals surface area (Å²) in [7, 11) is 0. The number of carbonyl (C=O) groups is 1. The molecule has 1 amide bonds. The maximum Gasteiger partial charge on any atom is 0.227 e. The number of nitrogens with two attached hydrogens (primary N) is 1. The van der Waals surface area contributed by atoms with Crippen molar-refractivity contribution in [1.82, 2.24) is 5.32 Å². The van der Waals surface area contributed by atoms with Gasteiger partial charge in [-0.3, -0.25) is 4.79 Å². The lowest BCUT2D eigenvalue weighted by Gasteiger charge is -2.12. The first-order chi connectivity index (χ1) is 8.50. The highest BCUT2D eigenvalue weighted by molar-refractivity contribution is 8.00. The van der Waals surface area contributed by atoms with E-state index in [-0.39, 0.29) is 11.7 Å². The SMILES string of the molecule is CC(C)CNCc1c(Cl)cccc1SCC(N)=O. The lowest BCUT2D eigenvalue weighted by molar-refractivity contribution is -0.115. The van der Waals surface area contributed by atoms with Crippen molar-refractivity contribution in [3.05, 3.63) is 28.8 Å². The van der Waals surface area contributed by atoms with E-state index in [1.54, 1.807) is 0 Å². The molecular weight excluding hydrogens is 268 g/mol. The van der Waals surface area contributed by atoms with Gasteiger partial charge in [0.2, 0.25) is 5.91 Å². The predicted molar refractivity (Wildman–Crippen MR) is 77.9 cm³/mol. The van der Waals surface area contributed by atoms with E-state index in [2.05, 4.69) is 19.2 Å². The zero-order chi connectivity index (χ0) is 13.5. The Morgan fingerprint density at radius 2 is 2.22 bits per heavy atom. The third kappa shape index (κ3) is 5.29. The molecule has 0 aromatic heterocycles. The summed E-state index contributed by atoms with van der Waals surface area (Å²) in [5.74, 6) is 0.549. The molecule has 3 nitrogen and oxygen atoms in total. The number of carbonyl (C=O) groups excluding carboxylic acids is 1. The summed E-state index contributed by atoms with van der Waals surface area (Å²) < 4.78 is 0. The lowest BCUT2D eigenvalue weighted by atomic mass is 10.2. The van der Waals surface area contributed by atoms with Crippen LogP contribution in [0.5, 0.6) is 0 Å². The molecule has 1 aromatic rings.